The second-order valence-corrected chi connectivity index (χ2v) is 3.32. The molecule has 1 unspecified atom stereocenters. The van der Waals surface area contributed by atoms with Gasteiger partial charge in [-0.1, -0.05) is 0 Å². The van der Waals surface area contributed by atoms with Crippen LogP contribution in [0.1, 0.15) is 24.4 Å². The molecule has 0 bridgehead atoms. The molecular weight excluding hydrogens is 190 g/mol. The molecule has 2 rings (SSSR count). The van der Waals surface area contributed by atoms with Gasteiger partial charge in [0, 0.05) is 36.9 Å². The van der Waals surface area contributed by atoms with Crippen molar-refractivity contribution in [2.45, 2.75) is 19.5 Å². The van der Waals surface area contributed by atoms with Gasteiger partial charge in [0.05, 0.1) is 6.04 Å². The van der Waals surface area contributed by atoms with Crippen molar-refractivity contribution in [2.24, 2.45) is 0 Å². The lowest BCUT2D eigenvalue weighted by Gasteiger charge is -2.10. The number of aromatic nitrogens is 4. The van der Waals surface area contributed by atoms with E-state index in [4.69, 9.17) is 0 Å². The summed E-state index contributed by atoms with van der Waals surface area (Å²) in [5, 5.41) is 3.33. The average Bonchev–Trinajstić information content (AvgIpc) is 2.81. The van der Waals surface area contributed by atoms with E-state index in [1.165, 1.54) is 6.33 Å². The molecule has 0 aromatic carbocycles. The number of hydrogen-bond acceptors (Lipinski definition) is 4. The SMILES string of the molecule is CC(NCc1cncnc1)c1ncc[nH]1. The number of imidazole rings is 1. The molecule has 2 N–H and O–H groups in total. The summed E-state index contributed by atoms with van der Waals surface area (Å²) in [6, 6.07) is 0.195. The van der Waals surface area contributed by atoms with E-state index in [2.05, 4.69) is 32.2 Å². The minimum atomic E-state index is 0.195. The minimum Gasteiger partial charge on any atom is -0.347 e. The molecule has 1 atom stereocenters. The fraction of sp³-hybridized carbons (Fsp3) is 0.300. The lowest BCUT2D eigenvalue weighted by atomic mass is 10.3. The lowest BCUT2D eigenvalue weighted by molar-refractivity contribution is 0.549. The standard InChI is InChI=1S/C10H13N5/c1-8(10-13-2-3-14-10)15-6-9-4-11-7-12-5-9/h2-5,7-8,15H,6H2,1H3,(H,13,14). The van der Waals surface area contributed by atoms with Crippen molar-refractivity contribution in [3.63, 3.8) is 0 Å². The van der Waals surface area contributed by atoms with E-state index in [-0.39, 0.29) is 6.04 Å². The highest BCUT2D eigenvalue weighted by Gasteiger charge is 2.06. The van der Waals surface area contributed by atoms with Gasteiger partial charge in [0.1, 0.15) is 12.2 Å². The average molecular weight is 203 g/mol. The third-order valence-electron chi connectivity index (χ3n) is 2.16. The van der Waals surface area contributed by atoms with Crippen LogP contribution >= 0.6 is 0 Å². The van der Waals surface area contributed by atoms with E-state index in [9.17, 15) is 0 Å². The largest absolute Gasteiger partial charge is 0.347 e. The van der Waals surface area contributed by atoms with Gasteiger partial charge in [0.2, 0.25) is 0 Å². The first-order valence-electron chi connectivity index (χ1n) is 4.83. The number of rotatable bonds is 4. The van der Waals surface area contributed by atoms with Crippen LogP contribution in [0.3, 0.4) is 0 Å². The van der Waals surface area contributed by atoms with Crippen LogP contribution in [-0.2, 0) is 6.54 Å². The summed E-state index contributed by atoms with van der Waals surface area (Å²) in [4.78, 5) is 15.1. The van der Waals surface area contributed by atoms with Gasteiger partial charge in [-0.3, -0.25) is 0 Å². The molecule has 0 aliphatic rings. The second kappa shape index (κ2) is 4.65. The topological polar surface area (TPSA) is 66.5 Å². The van der Waals surface area contributed by atoms with E-state index >= 15 is 0 Å². The Morgan fingerprint density at radius 3 is 2.87 bits per heavy atom. The number of aromatic amines is 1. The first-order chi connectivity index (χ1) is 7.36. The summed E-state index contributed by atoms with van der Waals surface area (Å²) in [6.45, 7) is 2.80. The van der Waals surface area contributed by atoms with Crippen LogP contribution < -0.4 is 5.32 Å². The maximum atomic E-state index is 4.18. The van der Waals surface area contributed by atoms with Crippen LogP contribution in [0.25, 0.3) is 0 Å². The normalized spacial score (nSPS) is 12.6. The molecule has 0 saturated heterocycles. The maximum Gasteiger partial charge on any atom is 0.122 e. The Bertz CT molecular complexity index is 383. The van der Waals surface area contributed by atoms with Gasteiger partial charge < -0.3 is 10.3 Å². The first-order valence-corrected chi connectivity index (χ1v) is 4.83. The van der Waals surface area contributed by atoms with Gasteiger partial charge in [-0.25, -0.2) is 15.0 Å². The van der Waals surface area contributed by atoms with Crippen molar-refractivity contribution in [3.8, 4) is 0 Å². The smallest absolute Gasteiger partial charge is 0.122 e. The molecule has 0 aliphatic carbocycles. The number of nitrogens with zero attached hydrogens (tertiary/aromatic N) is 3. The van der Waals surface area contributed by atoms with E-state index in [0.29, 0.717) is 0 Å². The maximum absolute atomic E-state index is 4.18. The summed E-state index contributed by atoms with van der Waals surface area (Å²) in [5.41, 5.74) is 1.07. The molecule has 0 amide bonds. The van der Waals surface area contributed by atoms with Crippen LogP contribution in [0.2, 0.25) is 0 Å². The molecule has 2 aromatic heterocycles. The summed E-state index contributed by atoms with van der Waals surface area (Å²) in [5.74, 6) is 0.937. The van der Waals surface area contributed by atoms with E-state index < -0.39 is 0 Å². The van der Waals surface area contributed by atoms with Crippen molar-refractivity contribution >= 4 is 0 Å². The highest BCUT2D eigenvalue weighted by atomic mass is 15.0. The molecule has 5 heteroatoms. The predicted molar refractivity (Wildman–Crippen MR) is 55.9 cm³/mol. The van der Waals surface area contributed by atoms with Crippen LogP contribution in [0.4, 0.5) is 0 Å². The molecule has 5 nitrogen and oxygen atoms in total. The van der Waals surface area contributed by atoms with E-state index in [0.717, 1.165) is 17.9 Å². The van der Waals surface area contributed by atoms with E-state index in [1.807, 2.05) is 6.20 Å². The molecule has 0 radical (unpaired) electrons. The third kappa shape index (κ3) is 2.60. The molecular formula is C10H13N5. The highest BCUT2D eigenvalue weighted by Crippen LogP contribution is 2.06. The van der Waals surface area contributed by atoms with Gasteiger partial charge in [-0.2, -0.15) is 0 Å². The zero-order valence-corrected chi connectivity index (χ0v) is 8.51. The molecule has 2 heterocycles. The Morgan fingerprint density at radius 2 is 2.20 bits per heavy atom. The highest BCUT2D eigenvalue weighted by molar-refractivity contribution is 5.03. The Kier molecular flexibility index (Phi) is 3.04. The molecule has 15 heavy (non-hydrogen) atoms. The summed E-state index contributed by atoms with van der Waals surface area (Å²) >= 11 is 0. The quantitative estimate of drug-likeness (QED) is 0.779. The predicted octanol–water partition coefficient (Wildman–Crippen LogP) is 1.05. The number of nitrogens with one attached hydrogen (secondary N) is 2. The van der Waals surface area contributed by atoms with Crippen molar-refractivity contribution in [1.29, 1.82) is 0 Å². The lowest BCUT2D eigenvalue weighted by Crippen LogP contribution is -2.19. The fourth-order valence-corrected chi connectivity index (χ4v) is 1.30. The van der Waals surface area contributed by atoms with Crippen molar-refractivity contribution in [1.82, 2.24) is 25.3 Å². The van der Waals surface area contributed by atoms with Crippen LogP contribution in [0.15, 0.2) is 31.1 Å². The van der Waals surface area contributed by atoms with Crippen LogP contribution in [0.5, 0.6) is 0 Å². The molecule has 0 fully saturated rings. The Morgan fingerprint density at radius 1 is 1.40 bits per heavy atom. The van der Waals surface area contributed by atoms with Crippen molar-refractivity contribution in [2.75, 3.05) is 0 Å². The van der Waals surface area contributed by atoms with Gasteiger partial charge >= 0.3 is 0 Å². The van der Waals surface area contributed by atoms with Crippen molar-refractivity contribution < 1.29 is 0 Å². The third-order valence-corrected chi connectivity index (χ3v) is 2.16. The van der Waals surface area contributed by atoms with Crippen LogP contribution in [-0.4, -0.2) is 19.9 Å². The Hall–Kier alpha value is -1.75. The Balaban J connectivity index is 1.89. The summed E-state index contributed by atoms with van der Waals surface area (Å²) in [7, 11) is 0. The molecule has 2 aromatic rings. The molecule has 0 saturated carbocycles. The first kappa shape index (κ1) is 9.79. The van der Waals surface area contributed by atoms with Gasteiger partial charge in [0.25, 0.3) is 0 Å². The monoisotopic (exact) mass is 203 g/mol. The zero-order chi connectivity index (χ0) is 10.5. The second-order valence-electron chi connectivity index (χ2n) is 3.32. The zero-order valence-electron chi connectivity index (χ0n) is 8.51. The minimum absolute atomic E-state index is 0.195. The molecule has 0 spiro atoms. The fourth-order valence-electron chi connectivity index (χ4n) is 1.30. The van der Waals surface area contributed by atoms with Gasteiger partial charge in [-0.05, 0) is 6.92 Å². The summed E-state index contributed by atoms with van der Waals surface area (Å²) < 4.78 is 0. The van der Waals surface area contributed by atoms with Crippen LogP contribution in [0, 0.1) is 0 Å². The van der Waals surface area contributed by atoms with E-state index in [1.54, 1.807) is 18.6 Å². The number of hydrogen-bond donors (Lipinski definition) is 2. The molecule has 78 valence electrons. The Labute approximate surface area is 88.0 Å². The van der Waals surface area contributed by atoms with Crippen molar-refractivity contribution in [3.05, 3.63) is 42.5 Å². The van der Waals surface area contributed by atoms with Gasteiger partial charge in [0.15, 0.2) is 0 Å². The summed E-state index contributed by atoms with van der Waals surface area (Å²) in [6.07, 6.45) is 8.70. The number of H-pyrrole nitrogens is 1. The van der Waals surface area contributed by atoms with Gasteiger partial charge in [-0.15, -0.1) is 0 Å². The molecule has 0 aliphatic heterocycles.